The normalized spacial score (nSPS) is 13.7. The van der Waals surface area contributed by atoms with Gasteiger partial charge in [-0.3, -0.25) is 4.79 Å². The molecule has 2 aromatic carbocycles. The fourth-order valence-corrected chi connectivity index (χ4v) is 2.01. The highest BCUT2D eigenvalue weighted by Gasteiger charge is 2.24. The average Bonchev–Trinajstić information content (AvgIpc) is 2.47. The third-order valence-corrected chi connectivity index (χ3v) is 2.89. The van der Waals surface area contributed by atoms with E-state index < -0.39 is 0 Å². The molecule has 0 bridgehead atoms. The molecule has 0 saturated heterocycles. The van der Waals surface area contributed by atoms with Crippen molar-refractivity contribution in [2.24, 2.45) is 0 Å². The highest BCUT2D eigenvalue weighted by atomic mass is 16.5. The Morgan fingerprint density at radius 3 is 2.56 bits per heavy atom. The Morgan fingerprint density at radius 2 is 1.72 bits per heavy atom. The maximum absolute atomic E-state index is 12.4. The smallest absolute Gasteiger partial charge is 0.258 e. The molecule has 89 valence electrons. The summed E-state index contributed by atoms with van der Waals surface area (Å²) in [5.41, 5.74) is 1.50. The van der Waals surface area contributed by atoms with Crippen molar-refractivity contribution < 1.29 is 9.53 Å². The number of carbonyl (C=O) groups is 1. The van der Waals surface area contributed by atoms with Gasteiger partial charge in [-0.1, -0.05) is 30.3 Å². The van der Waals surface area contributed by atoms with E-state index in [-0.39, 0.29) is 5.91 Å². The molecule has 0 aromatic heterocycles. The minimum absolute atomic E-state index is 0.0115. The highest BCUT2D eigenvalue weighted by molar-refractivity contribution is 6.07. The average molecular weight is 238 g/mol. The number of anilines is 1. The van der Waals surface area contributed by atoms with Crippen LogP contribution in [0.2, 0.25) is 0 Å². The Bertz CT molecular complexity index is 566. The van der Waals surface area contributed by atoms with Gasteiger partial charge in [-0.25, -0.2) is 0 Å². The summed E-state index contributed by atoms with van der Waals surface area (Å²) in [7, 11) is 0. The van der Waals surface area contributed by atoms with Crippen LogP contribution in [0.15, 0.2) is 54.6 Å². The molecule has 1 heterocycles. The lowest BCUT2D eigenvalue weighted by Gasteiger charge is -2.28. The van der Waals surface area contributed by atoms with Gasteiger partial charge >= 0.3 is 0 Å². The number of hydrogen-bond donors (Lipinski definition) is 0. The summed E-state index contributed by atoms with van der Waals surface area (Å²) in [5, 5.41) is 0. The van der Waals surface area contributed by atoms with Gasteiger partial charge in [0.25, 0.3) is 5.91 Å². The first-order chi connectivity index (χ1) is 8.86. The molecule has 3 nitrogen and oxygen atoms in total. The number of rotatable bonds is 1. The van der Waals surface area contributed by atoms with Crippen molar-refractivity contribution in [3.63, 3.8) is 0 Å². The Morgan fingerprint density at radius 1 is 1.00 bits per heavy atom. The lowest BCUT2D eigenvalue weighted by atomic mass is 10.1. The van der Waals surface area contributed by atoms with Crippen molar-refractivity contribution >= 4 is 11.6 Å². The summed E-state index contributed by atoms with van der Waals surface area (Å²) in [5.74, 6) is 0.704. The van der Waals surface area contributed by atoms with Gasteiger partial charge in [-0.2, -0.15) is 0 Å². The second kappa shape index (κ2) is 4.53. The Balaban J connectivity index is 1.97. The molecule has 0 fully saturated rings. The summed E-state index contributed by atoms with van der Waals surface area (Å²) in [6.45, 7) is 2.11. The van der Waals surface area contributed by atoms with E-state index in [2.05, 4.69) is 0 Å². The van der Waals surface area contributed by atoms with Crippen LogP contribution < -0.4 is 9.64 Å². The van der Waals surface area contributed by atoms with Crippen LogP contribution in [0.1, 0.15) is 10.4 Å². The molecule has 0 atom stereocenters. The fraction of sp³-hybridized carbons (Fsp3) is 0.0667. The van der Waals surface area contributed by atoms with Crippen LogP contribution in [0.3, 0.4) is 0 Å². The quantitative estimate of drug-likeness (QED) is 0.764. The molecule has 1 amide bonds. The molecule has 3 rings (SSSR count). The van der Waals surface area contributed by atoms with E-state index in [1.807, 2.05) is 54.6 Å². The fourth-order valence-electron chi connectivity index (χ4n) is 2.01. The molecule has 0 unspecified atom stereocenters. The van der Waals surface area contributed by atoms with Gasteiger partial charge in [-0.15, -0.1) is 0 Å². The number of amides is 1. The molecule has 18 heavy (non-hydrogen) atoms. The molecule has 1 aliphatic rings. The number of benzene rings is 2. The van der Waals surface area contributed by atoms with Crippen molar-refractivity contribution in [3.8, 4) is 5.75 Å². The SMILES string of the molecule is O=C(c1ccccc1)N1C[CH]Oc2ccccc21. The van der Waals surface area contributed by atoms with E-state index in [0.717, 1.165) is 5.69 Å². The van der Waals surface area contributed by atoms with E-state index in [1.54, 1.807) is 11.5 Å². The Labute approximate surface area is 106 Å². The molecular weight excluding hydrogens is 226 g/mol. The summed E-state index contributed by atoms with van der Waals surface area (Å²) >= 11 is 0. The number of nitrogens with zero attached hydrogens (tertiary/aromatic N) is 1. The van der Waals surface area contributed by atoms with E-state index in [1.165, 1.54) is 0 Å². The van der Waals surface area contributed by atoms with Crippen molar-refractivity contribution in [1.29, 1.82) is 0 Å². The Kier molecular flexibility index (Phi) is 2.73. The first kappa shape index (κ1) is 10.8. The van der Waals surface area contributed by atoms with Crippen molar-refractivity contribution in [2.45, 2.75) is 0 Å². The predicted octanol–water partition coefficient (Wildman–Crippen LogP) is 2.89. The van der Waals surface area contributed by atoms with Gasteiger partial charge < -0.3 is 9.64 Å². The van der Waals surface area contributed by atoms with E-state index >= 15 is 0 Å². The lowest BCUT2D eigenvalue weighted by Crippen LogP contribution is -2.35. The van der Waals surface area contributed by atoms with Crippen LogP contribution in [0, 0.1) is 6.61 Å². The van der Waals surface area contributed by atoms with Crippen molar-refractivity contribution in [3.05, 3.63) is 66.8 Å². The molecular formula is C15H12NO2. The van der Waals surface area contributed by atoms with Gasteiger partial charge in [-0.05, 0) is 24.3 Å². The van der Waals surface area contributed by atoms with Gasteiger partial charge in [0, 0.05) is 5.56 Å². The first-order valence-corrected chi connectivity index (χ1v) is 5.80. The largest absolute Gasteiger partial charge is 0.482 e. The van der Waals surface area contributed by atoms with E-state index in [4.69, 9.17) is 4.74 Å². The second-order valence-electron chi connectivity index (χ2n) is 4.03. The van der Waals surface area contributed by atoms with Gasteiger partial charge in [0.05, 0.1) is 12.2 Å². The minimum Gasteiger partial charge on any atom is -0.482 e. The maximum atomic E-state index is 12.4. The zero-order chi connectivity index (χ0) is 12.4. The third-order valence-electron chi connectivity index (χ3n) is 2.89. The monoisotopic (exact) mass is 238 g/mol. The summed E-state index contributed by atoms with van der Waals surface area (Å²) in [6.07, 6.45) is 0. The Hall–Kier alpha value is -2.29. The van der Waals surface area contributed by atoms with Crippen molar-refractivity contribution in [2.75, 3.05) is 11.4 Å². The minimum atomic E-state index is -0.0115. The van der Waals surface area contributed by atoms with E-state index in [9.17, 15) is 4.79 Å². The molecule has 2 aromatic rings. The van der Waals surface area contributed by atoms with Gasteiger partial charge in [0.15, 0.2) is 6.61 Å². The summed E-state index contributed by atoms with van der Waals surface area (Å²) < 4.78 is 5.42. The van der Waals surface area contributed by atoms with Crippen LogP contribution in [-0.2, 0) is 0 Å². The first-order valence-electron chi connectivity index (χ1n) is 5.80. The molecule has 0 aliphatic carbocycles. The number of ether oxygens (including phenoxy) is 1. The molecule has 0 N–H and O–H groups in total. The third kappa shape index (κ3) is 1.84. The predicted molar refractivity (Wildman–Crippen MR) is 69.5 cm³/mol. The number of hydrogen-bond acceptors (Lipinski definition) is 2. The molecule has 3 heteroatoms. The molecule has 1 radical (unpaired) electrons. The van der Waals surface area contributed by atoms with E-state index in [0.29, 0.717) is 17.9 Å². The number of fused-ring (bicyclic) bond motifs is 1. The van der Waals surface area contributed by atoms with Gasteiger partial charge in [0.2, 0.25) is 0 Å². The molecule has 1 aliphatic heterocycles. The number of para-hydroxylation sites is 2. The highest BCUT2D eigenvalue weighted by Crippen LogP contribution is 2.32. The standard InChI is InChI=1S/C15H12NO2/c17-15(12-6-2-1-3-7-12)16-10-11-18-14-9-5-4-8-13(14)16/h1-9,11H,10H2. The zero-order valence-electron chi connectivity index (χ0n) is 9.74. The van der Waals surface area contributed by atoms with Crippen LogP contribution in [0.5, 0.6) is 5.75 Å². The molecule has 0 saturated carbocycles. The lowest BCUT2D eigenvalue weighted by molar-refractivity contribution is 0.0982. The second-order valence-corrected chi connectivity index (χ2v) is 4.03. The van der Waals surface area contributed by atoms with Crippen LogP contribution >= 0.6 is 0 Å². The number of carbonyl (C=O) groups excluding carboxylic acids is 1. The summed E-state index contributed by atoms with van der Waals surface area (Å²) in [6, 6.07) is 16.8. The molecule has 0 spiro atoms. The van der Waals surface area contributed by atoms with Crippen LogP contribution in [-0.4, -0.2) is 12.5 Å². The zero-order valence-corrected chi connectivity index (χ0v) is 9.74. The van der Waals surface area contributed by atoms with Crippen LogP contribution in [0.25, 0.3) is 0 Å². The maximum Gasteiger partial charge on any atom is 0.258 e. The summed E-state index contributed by atoms with van der Waals surface area (Å²) in [4.78, 5) is 14.1. The topological polar surface area (TPSA) is 29.5 Å². The van der Waals surface area contributed by atoms with Gasteiger partial charge in [0.1, 0.15) is 5.75 Å². The van der Waals surface area contributed by atoms with Crippen LogP contribution in [0.4, 0.5) is 5.69 Å². The van der Waals surface area contributed by atoms with Crippen molar-refractivity contribution in [1.82, 2.24) is 0 Å².